The van der Waals surface area contributed by atoms with Crippen molar-refractivity contribution in [1.29, 1.82) is 0 Å². The molecular formula is C13H25N3O2. The van der Waals surface area contributed by atoms with E-state index in [1.165, 1.54) is 0 Å². The molecule has 0 saturated heterocycles. The molecule has 104 valence electrons. The van der Waals surface area contributed by atoms with Gasteiger partial charge < -0.3 is 19.9 Å². The third-order valence-electron chi connectivity index (χ3n) is 2.39. The van der Waals surface area contributed by atoms with Crippen LogP contribution in [-0.4, -0.2) is 30.9 Å². The number of methoxy groups -OCH3 is 1. The molecule has 0 radical (unpaired) electrons. The van der Waals surface area contributed by atoms with Gasteiger partial charge in [0.2, 0.25) is 0 Å². The van der Waals surface area contributed by atoms with Crippen molar-refractivity contribution >= 4 is 0 Å². The van der Waals surface area contributed by atoms with E-state index in [-0.39, 0.29) is 5.54 Å². The maximum atomic E-state index is 5.10. The highest BCUT2D eigenvalue weighted by atomic mass is 16.5. The summed E-state index contributed by atoms with van der Waals surface area (Å²) in [6.07, 6.45) is 1.10. The van der Waals surface area contributed by atoms with Crippen LogP contribution in [0.4, 0.5) is 0 Å². The van der Waals surface area contributed by atoms with Gasteiger partial charge in [-0.15, -0.1) is 0 Å². The highest BCUT2D eigenvalue weighted by Crippen LogP contribution is 2.04. The highest BCUT2D eigenvalue weighted by molar-refractivity contribution is 5.04. The van der Waals surface area contributed by atoms with E-state index >= 15 is 0 Å². The fourth-order valence-corrected chi connectivity index (χ4v) is 1.54. The number of ether oxygens (including phenoxy) is 1. The summed E-state index contributed by atoms with van der Waals surface area (Å²) < 4.78 is 10.1. The molecule has 1 heterocycles. The van der Waals surface area contributed by atoms with Crippen molar-refractivity contribution in [3.63, 3.8) is 0 Å². The molecule has 2 N–H and O–H groups in total. The number of hydrogen-bond donors (Lipinski definition) is 2. The molecule has 0 atom stereocenters. The van der Waals surface area contributed by atoms with E-state index in [1.54, 1.807) is 7.11 Å². The first-order valence-electron chi connectivity index (χ1n) is 6.40. The average Bonchev–Trinajstić information content (AvgIpc) is 2.70. The Morgan fingerprint density at radius 2 is 2.11 bits per heavy atom. The smallest absolute Gasteiger partial charge is 0.162 e. The lowest BCUT2D eigenvalue weighted by molar-refractivity contribution is 0.155. The fourth-order valence-electron chi connectivity index (χ4n) is 1.54. The Hall–Kier alpha value is -0.910. The van der Waals surface area contributed by atoms with Gasteiger partial charge in [-0.1, -0.05) is 5.16 Å². The summed E-state index contributed by atoms with van der Waals surface area (Å²) in [5.41, 5.74) is 1.12. The minimum atomic E-state index is 0.196. The third kappa shape index (κ3) is 6.74. The van der Waals surface area contributed by atoms with Crippen molar-refractivity contribution in [3.8, 4) is 0 Å². The molecule has 0 aromatic carbocycles. The summed E-state index contributed by atoms with van der Waals surface area (Å²) in [4.78, 5) is 0. The van der Waals surface area contributed by atoms with Gasteiger partial charge in [-0.25, -0.2) is 0 Å². The van der Waals surface area contributed by atoms with E-state index in [1.807, 2.05) is 6.07 Å². The van der Waals surface area contributed by atoms with E-state index in [0.29, 0.717) is 6.61 Å². The monoisotopic (exact) mass is 255 g/mol. The van der Waals surface area contributed by atoms with E-state index in [4.69, 9.17) is 9.26 Å². The summed E-state index contributed by atoms with van der Waals surface area (Å²) in [6, 6.07) is 1.92. The van der Waals surface area contributed by atoms with Gasteiger partial charge in [-0.05, 0) is 40.3 Å². The van der Waals surface area contributed by atoms with Crippen LogP contribution >= 0.6 is 0 Å². The van der Waals surface area contributed by atoms with Crippen molar-refractivity contribution in [1.82, 2.24) is 15.8 Å². The maximum absolute atomic E-state index is 5.10. The summed E-state index contributed by atoms with van der Waals surface area (Å²) in [7, 11) is 1.64. The second-order valence-electron chi connectivity index (χ2n) is 5.42. The lowest BCUT2D eigenvalue weighted by Gasteiger charge is -2.20. The van der Waals surface area contributed by atoms with Gasteiger partial charge in [0.05, 0.1) is 5.69 Å². The van der Waals surface area contributed by atoms with Crippen molar-refractivity contribution in [2.45, 2.75) is 45.9 Å². The van der Waals surface area contributed by atoms with Gasteiger partial charge in [0.15, 0.2) is 5.76 Å². The van der Waals surface area contributed by atoms with Gasteiger partial charge in [0, 0.05) is 25.3 Å². The Morgan fingerprint density at radius 3 is 2.78 bits per heavy atom. The highest BCUT2D eigenvalue weighted by Gasteiger charge is 2.07. The first kappa shape index (κ1) is 15.1. The minimum Gasteiger partial charge on any atom is -0.377 e. The molecule has 0 fully saturated rings. The summed E-state index contributed by atoms with van der Waals surface area (Å²) in [5.74, 6) is 0.767. The number of nitrogens with zero attached hydrogens (tertiary/aromatic N) is 1. The zero-order valence-electron chi connectivity index (χ0n) is 11.9. The minimum absolute atomic E-state index is 0.196. The molecule has 0 spiro atoms. The molecule has 5 heteroatoms. The number of aromatic nitrogens is 1. The predicted molar refractivity (Wildman–Crippen MR) is 71.3 cm³/mol. The van der Waals surface area contributed by atoms with Crippen molar-refractivity contribution in [3.05, 3.63) is 17.5 Å². The molecule has 0 bridgehead atoms. The lowest BCUT2D eigenvalue weighted by Crippen LogP contribution is -2.37. The predicted octanol–water partition coefficient (Wildman–Crippen LogP) is 1.69. The van der Waals surface area contributed by atoms with Crippen LogP contribution in [0.15, 0.2) is 10.6 Å². The molecular weight excluding hydrogens is 230 g/mol. The summed E-state index contributed by atoms with van der Waals surface area (Å²) >= 11 is 0. The third-order valence-corrected chi connectivity index (χ3v) is 2.39. The summed E-state index contributed by atoms with van der Waals surface area (Å²) in [5, 5.41) is 10.7. The van der Waals surface area contributed by atoms with Gasteiger partial charge in [-0.2, -0.15) is 0 Å². The van der Waals surface area contributed by atoms with Gasteiger partial charge >= 0.3 is 0 Å². The molecule has 0 aliphatic heterocycles. The normalized spacial score (nSPS) is 12.0. The lowest BCUT2D eigenvalue weighted by atomic mass is 10.1. The molecule has 18 heavy (non-hydrogen) atoms. The molecule has 0 unspecified atom stereocenters. The van der Waals surface area contributed by atoms with Gasteiger partial charge in [-0.3, -0.25) is 0 Å². The Balaban J connectivity index is 2.07. The molecule has 0 saturated carbocycles. The van der Waals surface area contributed by atoms with E-state index in [0.717, 1.165) is 37.5 Å². The van der Waals surface area contributed by atoms with Gasteiger partial charge in [0.25, 0.3) is 0 Å². The van der Waals surface area contributed by atoms with Gasteiger partial charge in [0.1, 0.15) is 6.61 Å². The number of hydrogen-bond acceptors (Lipinski definition) is 5. The van der Waals surface area contributed by atoms with Crippen molar-refractivity contribution < 1.29 is 9.26 Å². The molecule has 1 aromatic heterocycles. The van der Waals surface area contributed by atoms with Crippen LogP contribution in [-0.2, 0) is 17.9 Å². The Morgan fingerprint density at radius 1 is 1.33 bits per heavy atom. The standard InChI is InChI=1S/C13H25N3O2/c1-13(2,3)15-7-5-6-14-9-11-8-12(10-17-4)18-16-11/h8,14-15H,5-7,9-10H2,1-4H3. The molecule has 1 aromatic rings. The Kier molecular flexibility index (Phi) is 6.32. The zero-order valence-corrected chi connectivity index (χ0v) is 11.9. The van der Waals surface area contributed by atoms with Crippen LogP contribution in [0.1, 0.15) is 38.6 Å². The van der Waals surface area contributed by atoms with Crippen LogP contribution < -0.4 is 10.6 Å². The van der Waals surface area contributed by atoms with E-state index < -0.39 is 0 Å². The largest absolute Gasteiger partial charge is 0.377 e. The average molecular weight is 255 g/mol. The fraction of sp³-hybridized carbons (Fsp3) is 0.769. The van der Waals surface area contributed by atoms with E-state index in [2.05, 4.69) is 36.6 Å². The molecule has 0 aliphatic rings. The maximum Gasteiger partial charge on any atom is 0.162 e. The SMILES string of the molecule is COCc1cc(CNCCCNC(C)(C)C)no1. The zero-order chi connectivity index (χ0) is 13.4. The van der Waals surface area contributed by atoms with E-state index in [9.17, 15) is 0 Å². The quantitative estimate of drug-likeness (QED) is 0.692. The Bertz CT molecular complexity index is 331. The topological polar surface area (TPSA) is 59.3 Å². The van der Waals surface area contributed by atoms with Crippen LogP contribution in [0, 0.1) is 0 Å². The van der Waals surface area contributed by atoms with Crippen LogP contribution in [0.2, 0.25) is 0 Å². The Labute approximate surface area is 109 Å². The van der Waals surface area contributed by atoms with Crippen LogP contribution in [0.3, 0.4) is 0 Å². The molecule has 0 amide bonds. The first-order valence-corrected chi connectivity index (χ1v) is 6.40. The second-order valence-corrected chi connectivity index (χ2v) is 5.42. The number of nitrogens with one attached hydrogen (secondary N) is 2. The number of rotatable bonds is 8. The van der Waals surface area contributed by atoms with Crippen molar-refractivity contribution in [2.24, 2.45) is 0 Å². The first-order chi connectivity index (χ1) is 8.51. The summed E-state index contributed by atoms with van der Waals surface area (Å²) in [6.45, 7) is 9.72. The van der Waals surface area contributed by atoms with Crippen LogP contribution in [0.5, 0.6) is 0 Å². The van der Waals surface area contributed by atoms with Crippen molar-refractivity contribution in [2.75, 3.05) is 20.2 Å². The second kappa shape index (κ2) is 7.51. The van der Waals surface area contributed by atoms with Crippen LogP contribution in [0.25, 0.3) is 0 Å². The molecule has 1 rings (SSSR count). The molecule has 0 aliphatic carbocycles. The molecule has 5 nitrogen and oxygen atoms in total.